The van der Waals surface area contributed by atoms with Crippen molar-refractivity contribution in [3.8, 4) is 0 Å². The number of morpholine rings is 1. The molecule has 0 bridgehead atoms. The molecule has 118 valence electrons. The van der Waals surface area contributed by atoms with Crippen LogP contribution in [-0.4, -0.2) is 63.9 Å². The lowest BCUT2D eigenvalue weighted by Crippen LogP contribution is -2.44. The molecule has 6 nitrogen and oxygen atoms in total. The first-order valence-electron chi connectivity index (χ1n) is 6.71. The number of nitrogens with zero attached hydrogens (tertiary/aromatic N) is 1. The SMILES string of the molecule is O=S(=O)(NCC(O)CN1CCOCC1)c1cccc(F)c1. The van der Waals surface area contributed by atoms with E-state index in [1.54, 1.807) is 0 Å². The zero-order chi connectivity index (χ0) is 15.3. The topological polar surface area (TPSA) is 78.9 Å². The Morgan fingerprint density at radius 2 is 2.10 bits per heavy atom. The van der Waals surface area contributed by atoms with Crippen molar-refractivity contribution < 1.29 is 22.7 Å². The quantitative estimate of drug-likeness (QED) is 0.759. The van der Waals surface area contributed by atoms with E-state index >= 15 is 0 Å². The molecule has 21 heavy (non-hydrogen) atoms. The smallest absolute Gasteiger partial charge is 0.240 e. The normalized spacial score (nSPS) is 18.6. The maximum absolute atomic E-state index is 13.0. The number of ether oxygens (including phenoxy) is 1. The maximum Gasteiger partial charge on any atom is 0.240 e. The predicted octanol–water partition coefficient (Wildman–Crippen LogP) is -0.203. The van der Waals surface area contributed by atoms with Crippen molar-refractivity contribution in [1.82, 2.24) is 9.62 Å². The molecule has 0 amide bonds. The van der Waals surface area contributed by atoms with E-state index in [2.05, 4.69) is 4.72 Å². The van der Waals surface area contributed by atoms with Crippen molar-refractivity contribution in [1.29, 1.82) is 0 Å². The van der Waals surface area contributed by atoms with Gasteiger partial charge in [-0.2, -0.15) is 0 Å². The third-order valence-electron chi connectivity index (χ3n) is 3.19. The number of halogens is 1. The highest BCUT2D eigenvalue weighted by atomic mass is 32.2. The molecule has 0 spiro atoms. The lowest BCUT2D eigenvalue weighted by Gasteiger charge is -2.28. The van der Waals surface area contributed by atoms with Gasteiger partial charge in [-0.3, -0.25) is 4.90 Å². The Balaban J connectivity index is 1.86. The summed E-state index contributed by atoms with van der Waals surface area (Å²) in [6.45, 7) is 2.91. The zero-order valence-corrected chi connectivity index (χ0v) is 12.4. The highest BCUT2D eigenvalue weighted by Gasteiger charge is 2.19. The molecule has 2 rings (SSSR count). The summed E-state index contributed by atoms with van der Waals surface area (Å²) in [5.74, 6) is -0.619. The van der Waals surface area contributed by atoms with E-state index < -0.39 is 21.9 Å². The number of nitrogens with one attached hydrogen (secondary N) is 1. The summed E-state index contributed by atoms with van der Waals surface area (Å²) < 4.78 is 44.4. The second-order valence-electron chi connectivity index (χ2n) is 4.88. The van der Waals surface area contributed by atoms with Crippen LogP contribution in [0.15, 0.2) is 29.2 Å². The maximum atomic E-state index is 13.0. The highest BCUT2D eigenvalue weighted by molar-refractivity contribution is 7.89. The Kier molecular flexibility index (Phi) is 5.65. The van der Waals surface area contributed by atoms with Gasteiger partial charge in [0, 0.05) is 26.2 Å². The molecule has 1 heterocycles. The van der Waals surface area contributed by atoms with E-state index in [0.29, 0.717) is 32.8 Å². The van der Waals surface area contributed by atoms with E-state index in [0.717, 1.165) is 6.07 Å². The molecule has 1 aliphatic rings. The van der Waals surface area contributed by atoms with Gasteiger partial charge in [-0.25, -0.2) is 17.5 Å². The number of aliphatic hydroxyl groups excluding tert-OH is 1. The molecule has 0 radical (unpaired) electrons. The summed E-state index contributed by atoms with van der Waals surface area (Å²) in [5, 5.41) is 9.88. The van der Waals surface area contributed by atoms with Crippen LogP contribution in [0.25, 0.3) is 0 Å². The third kappa shape index (κ3) is 5.01. The van der Waals surface area contributed by atoms with Gasteiger partial charge in [-0.1, -0.05) is 6.07 Å². The van der Waals surface area contributed by atoms with Gasteiger partial charge < -0.3 is 9.84 Å². The Morgan fingerprint density at radius 3 is 2.76 bits per heavy atom. The van der Waals surface area contributed by atoms with Crippen molar-refractivity contribution in [3.05, 3.63) is 30.1 Å². The van der Waals surface area contributed by atoms with Crippen LogP contribution in [0.4, 0.5) is 4.39 Å². The van der Waals surface area contributed by atoms with E-state index in [1.807, 2.05) is 4.90 Å². The average Bonchev–Trinajstić information content (AvgIpc) is 2.46. The fourth-order valence-electron chi connectivity index (χ4n) is 2.07. The van der Waals surface area contributed by atoms with Crippen LogP contribution in [0.3, 0.4) is 0 Å². The Morgan fingerprint density at radius 1 is 1.38 bits per heavy atom. The van der Waals surface area contributed by atoms with Gasteiger partial charge >= 0.3 is 0 Å². The van der Waals surface area contributed by atoms with Gasteiger partial charge in [-0.05, 0) is 18.2 Å². The van der Waals surface area contributed by atoms with E-state index in [-0.39, 0.29) is 11.4 Å². The van der Waals surface area contributed by atoms with Gasteiger partial charge in [0.05, 0.1) is 24.2 Å². The number of hydrogen-bond acceptors (Lipinski definition) is 5. The molecular weight excluding hydrogens is 299 g/mol. The number of hydrogen-bond donors (Lipinski definition) is 2. The lowest BCUT2D eigenvalue weighted by atomic mass is 10.3. The molecule has 1 aliphatic heterocycles. The molecule has 0 saturated carbocycles. The lowest BCUT2D eigenvalue weighted by molar-refractivity contribution is 0.0158. The van der Waals surface area contributed by atoms with Crippen molar-refractivity contribution in [3.63, 3.8) is 0 Å². The molecule has 1 aromatic rings. The Hall–Kier alpha value is -1.06. The van der Waals surface area contributed by atoms with Crippen molar-refractivity contribution in [2.24, 2.45) is 0 Å². The van der Waals surface area contributed by atoms with E-state index in [1.165, 1.54) is 18.2 Å². The second-order valence-corrected chi connectivity index (χ2v) is 6.64. The first kappa shape index (κ1) is 16.3. The molecule has 0 aliphatic carbocycles. The zero-order valence-electron chi connectivity index (χ0n) is 11.5. The van der Waals surface area contributed by atoms with Crippen LogP contribution in [0.5, 0.6) is 0 Å². The summed E-state index contributed by atoms with van der Waals surface area (Å²) in [6, 6.07) is 4.75. The van der Waals surface area contributed by atoms with Crippen LogP contribution < -0.4 is 4.72 Å². The molecule has 1 saturated heterocycles. The standard InChI is InChI=1S/C13H19FN2O4S/c14-11-2-1-3-13(8-11)21(18,19)15-9-12(17)10-16-4-6-20-7-5-16/h1-3,8,12,15,17H,4-7,9-10H2. The number of aliphatic hydroxyl groups is 1. The average molecular weight is 318 g/mol. The fourth-order valence-corrected chi connectivity index (χ4v) is 3.17. The van der Waals surface area contributed by atoms with Crippen molar-refractivity contribution >= 4 is 10.0 Å². The van der Waals surface area contributed by atoms with Crippen LogP contribution in [0.2, 0.25) is 0 Å². The predicted molar refractivity (Wildman–Crippen MR) is 74.9 cm³/mol. The highest BCUT2D eigenvalue weighted by Crippen LogP contribution is 2.10. The number of β-amino-alcohol motifs (C(OH)–C–C–N with tert-alkyl or cyclic N) is 1. The summed E-state index contributed by atoms with van der Waals surface area (Å²) in [5.41, 5.74) is 0. The summed E-state index contributed by atoms with van der Waals surface area (Å²) >= 11 is 0. The third-order valence-corrected chi connectivity index (χ3v) is 4.61. The molecule has 1 atom stereocenters. The molecule has 1 unspecified atom stereocenters. The molecule has 1 aromatic carbocycles. The molecule has 2 N–H and O–H groups in total. The first-order chi connectivity index (χ1) is 9.97. The molecule has 0 aromatic heterocycles. The number of rotatable bonds is 6. The van der Waals surface area contributed by atoms with Crippen LogP contribution in [0, 0.1) is 5.82 Å². The van der Waals surface area contributed by atoms with Gasteiger partial charge in [0.25, 0.3) is 0 Å². The summed E-state index contributed by atoms with van der Waals surface area (Å²) in [7, 11) is -3.81. The first-order valence-corrected chi connectivity index (χ1v) is 8.19. The van der Waals surface area contributed by atoms with Gasteiger partial charge in [-0.15, -0.1) is 0 Å². The minimum absolute atomic E-state index is 0.115. The summed E-state index contributed by atoms with van der Waals surface area (Å²) in [4.78, 5) is 1.85. The molecular formula is C13H19FN2O4S. The Labute approximate surface area is 123 Å². The number of benzene rings is 1. The molecule has 1 fully saturated rings. The van der Waals surface area contributed by atoms with Gasteiger partial charge in [0.2, 0.25) is 10.0 Å². The monoisotopic (exact) mass is 318 g/mol. The summed E-state index contributed by atoms with van der Waals surface area (Å²) in [6.07, 6.45) is -0.827. The largest absolute Gasteiger partial charge is 0.390 e. The van der Waals surface area contributed by atoms with Crippen LogP contribution in [-0.2, 0) is 14.8 Å². The number of sulfonamides is 1. The minimum Gasteiger partial charge on any atom is -0.390 e. The van der Waals surface area contributed by atoms with Crippen LogP contribution in [0.1, 0.15) is 0 Å². The second kappa shape index (κ2) is 7.28. The molecule has 8 heteroatoms. The van der Waals surface area contributed by atoms with Crippen molar-refractivity contribution in [2.45, 2.75) is 11.0 Å². The van der Waals surface area contributed by atoms with Gasteiger partial charge in [0.1, 0.15) is 5.82 Å². The Bertz CT molecular complexity index is 561. The van der Waals surface area contributed by atoms with E-state index in [9.17, 15) is 17.9 Å². The van der Waals surface area contributed by atoms with Crippen LogP contribution >= 0.6 is 0 Å². The fraction of sp³-hybridized carbons (Fsp3) is 0.538. The van der Waals surface area contributed by atoms with Crippen molar-refractivity contribution in [2.75, 3.05) is 39.4 Å². The minimum atomic E-state index is -3.81. The van der Waals surface area contributed by atoms with Gasteiger partial charge in [0.15, 0.2) is 0 Å². The van der Waals surface area contributed by atoms with E-state index in [4.69, 9.17) is 4.74 Å².